The lowest BCUT2D eigenvalue weighted by molar-refractivity contribution is 0.0522. The highest BCUT2D eigenvalue weighted by atomic mass is 16.6. The van der Waals surface area contributed by atoms with Crippen molar-refractivity contribution in [1.29, 1.82) is 0 Å². The van der Waals surface area contributed by atoms with Gasteiger partial charge in [-0.05, 0) is 39.2 Å². The largest absolute Gasteiger partial charge is 0.444 e. The quantitative estimate of drug-likeness (QED) is 0.838. The maximum absolute atomic E-state index is 11.7. The highest BCUT2D eigenvalue weighted by molar-refractivity contribution is 5.67. The van der Waals surface area contributed by atoms with Crippen LogP contribution in [0.2, 0.25) is 0 Å². The van der Waals surface area contributed by atoms with Gasteiger partial charge in [0.1, 0.15) is 5.60 Å². The molecule has 2 atom stereocenters. The highest BCUT2D eigenvalue weighted by Crippen LogP contribution is 2.21. The third kappa shape index (κ3) is 6.94. The van der Waals surface area contributed by atoms with Crippen LogP contribution in [0.3, 0.4) is 0 Å². The molecule has 0 aromatic heterocycles. The summed E-state index contributed by atoms with van der Waals surface area (Å²) in [5.41, 5.74) is 0.798. The molecule has 1 rings (SSSR count). The van der Waals surface area contributed by atoms with Gasteiger partial charge in [0.15, 0.2) is 0 Å². The fourth-order valence-electron chi connectivity index (χ4n) is 2.25. The summed E-state index contributed by atoms with van der Waals surface area (Å²) in [6, 6.07) is 10.8. The van der Waals surface area contributed by atoms with Crippen LogP contribution in [0.4, 0.5) is 4.79 Å². The molecule has 1 amide bonds. The van der Waals surface area contributed by atoms with E-state index in [-0.39, 0.29) is 18.2 Å². The summed E-state index contributed by atoms with van der Waals surface area (Å²) in [5, 5.41) is 6.39. The number of ether oxygens (including phenoxy) is 1. The van der Waals surface area contributed by atoms with Gasteiger partial charge in [0, 0.05) is 18.6 Å². The number of amides is 1. The van der Waals surface area contributed by atoms with E-state index in [0.717, 1.165) is 0 Å². The Bertz CT molecular complexity index is 452. The molecule has 0 saturated heterocycles. The summed E-state index contributed by atoms with van der Waals surface area (Å²) in [6.45, 7) is 12.6. The van der Waals surface area contributed by atoms with Crippen molar-refractivity contribution in [3.8, 4) is 0 Å². The number of hydrogen-bond acceptors (Lipinski definition) is 3. The van der Waals surface area contributed by atoms with Crippen LogP contribution in [0.25, 0.3) is 0 Å². The molecule has 0 fully saturated rings. The molecule has 1 aromatic carbocycles. The van der Waals surface area contributed by atoms with Crippen LogP contribution in [0, 0.1) is 5.92 Å². The van der Waals surface area contributed by atoms with Crippen molar-refractivity contribution in [3.63, 3.8) is 0 Å². The lowest BCUT2D eigenvalue weighted by atomic mass is 9.95. The Labute approximate surface area is 134 Å². The molecule has 124 valence electrons. The summed E-state index contributed by atoms with van der Waals surface area (Å²) in [7, 11) is 0. The molecular weight excluding hydrogens is 276 g/mol. The van der Waals surface area contributed by atoms with E-state index < -0.39 is 5.60 Å². The number of hydrogen-bond donors (Lipinski definition) is 2. The Morgan fingerprint density at radius 3 is 2.23 bits per heavy atom. The summed E-state index contributed by atoms with van der Waals surface area (Å²) < 4.78 is 5.25. The summed E-state index contributed by atoms with van der Waals surface area (Å²) in [4.78, 5) is 11.7. The maximum Gasteiger partial charge on any atom is 0.407 e. The van der Waals surface area contributed by atoms with E-state index in [1.807, 2.05) is 26.8 Å². The molecule has 0 aliphatic carbocycles. The second-order valence-electron chi connectivity index (χ2n) is 7.08. The lowest BCUT2D eigenvalue weighted by Crippen LogP contribution is -2.43. The van der Waals surface area contributed by atoms with Crippen molar-refractivity contribution < 1.29 is 9.53 Å². The Morgan fingerprint density at radius 1 is 1.14 bits per heavy atom. The van der Waals surface area contributed by atoms with Crippen molar-refractivity contribution in [2.75, 3.05) is 6.54 Å². The fraction of sp³-hybridized carbons (Fsp3) is 0.611. The number of alkyl carbamates (subject to hydrolysis) is 1. The van der Waals surface area contributed by atoms with E-state index in [2.05, 4.69) is 55.7 Å². The Hall–Kier alpha value is -1.55. The van der Waals surface area contributed by atoms with Crippen LogP contribution >= 0.6 is 0 Å². The average molecular weight is 306 g/mol. The zero-order valence-corrected chi connectivity index (χ0v) is 14.6. The van der Waals surface area contributed by atoms with Gasteiger partial charge in [0.2, 0.25) is 0 Å². The van der Waals surface area contributed by atoms with E-state index in [4.69, 9.17) is 4.74 Å². The molecule has 0 heterocycles. The molecule has 4 heteroatoms. The van der Waals surface area contributed by atoms with Gasteiger partial charge in [-0.15, -0.1) is 0 Å². The number of carbonyl (C=O) groups excluding carboxylic acids is 1. The zero-order valence-electron chi connectivity index (χ0n) is 14.6. The molecule has 4 nitrogen and oxygen atoms in total. The molecule has 0 bridgehead atoms. The van der Waals surface area contributed by atoms with Crippen LogP contribution in [-0.2, 0) is 4.74 Å². The Balaban J connectivity index is 2.51. The van der Waals surface area contributed by atoms with Crippen LogP contribution in [0.5, 0.6) is 0 Å². The first-order chi connectivity index (χ1) is 10.2. The molecule has 0 saturated carbocycles. The van der Waals surface area contributed by atoms with Gasteiger partial charge in [-0.2, -0.15) is 0 Å². The Morgan fingerprint density at radius 2 is 1.73 bits per heavy atom. The standard InChI is InChI=1S/C18H30N2O2/c1-13(2)16(15-10-8-7-9-11-15)20-14(3)12-19-17(21)22-18(4,5)6/h7-11,13-14,16,20H,12H2,1-6H3,(H,19,21). The second-order valence-corrected chi connectivity index (χ2v) is 7.08. The number of rotatable bonds is 6. The third-order valence-electron chi connectivity index (χ3n) is 3.24. The van der Waals surface area contributed by atoms with Crippen LogP contribution in [-0.4, -0.2) is 24.3 Å². The topological polar surface area (TPSA) is 50.4 Å². The monoisotopic (exact) mass is 306 g/mol. The molecule has 0 aliphatic heterocycles. The molecule has 2 N–H and O–H groups in total. The molecule has 1 aromatic rings. The molecule has 2 unspecified atom stereocenters. The normalized spacial score (nSPS) is 14.5. The van der Waals surface area contributed by atoms with E-state index in [1.54, 1.807) is 0 Å². The van der Waals surface area contributed by atoms with E-state index in [0.29, 0.717) is 12.5 Å². The SMILES string of the molecule is CC(CNC(=O)OC(C)(C)C)NC(c1ccccc1)C(C)C. The van der Waals surface area contributed by atoms with Crippen LogP contribution in [0.1, 0.15) is 53.1 Å². The van der Waals surface area contributed by atoms with Crippen molar-refractivity contribution in [2.45, 2.75) is 59.2 Å². The number of benzene rings is 1. The smallest absolute Gasteiger partial charge is 0.407 e. The van der Waals surface area contributed by atoms with E-state index in [9.17, 15) is 4.79 Å². The third-order valence-corrected chi connectivity index (χ3v) is 3.24. The first kappa shape index (κ1) is 18.5. The molecule has 0 radical (unpaired) electrons. The van der Waals surface area contributed by atoms with Crippen molar-refractivity contribution in [3.05, 3.63) is 35.9 Å². The fourth-order valence-corrected chi connectivity index (χ4v) is 2.25. The summed E-state index contributed by atoms with van der Waals surface area (Å²) >= 11 is 0. The maximum atomic E-state index is 11.7. The second kappa shape index (κ2) is 8.18. The minimum Gasteiger partial charge on any atom is -0.444 e. The van der Waals surface area contributed by atoms with Gasteiger partial charge in [-0.25, -0.2) is 4.79 Å². The number of carbonyl (C=O) groups is 1. The predicted octanol–water partition coefficient (Wildman–Crippen LogP) is 3.89. The van der Waals surface area contributed by atoms with Gasteiger partial charge < -0.3 is 15.4 Å². The first-order valence-corrected chi connectivity index (χ1v) is 7.97. The van der Waals surface area contributed by atoms with Crippen molar-refractivity contribution in [2.24, 2.45) is 5.92 Å². The minimum absolute atomic E-state index is 0.153. The Kier molecular flexibility index (Phi) is 6.88. The van der Waals surface area contributed by atoms with Gasteiger partial charge in [-0.1, -0.05) is 44.2 Å². The molecular formula is C18H30N2O2. The average Bonchev–Trinajstić information content (AvgIpc) is 2.41. The lowest BCUT2D eigenvalue weighted by Gasteiger charge is -2.27. The predicted molar refractivity (Wildman–Crippen MR) is 90.9 cm³/mol. The summed E-state index contributed by atoms with van der Waals surface area (Å²) in [6.07, 6.45) is -0.373. The van der Waals surface area contributed by atoms with Crippen molar-refractivity contribution >= 4 is 6.09 Å². The first-order valence-electron chi connectivity index (χ1n) is 7.97. The van der Waals surface area contributed by atoms with Crippen LogP contribution in [0.15, 0.2) is 30.3 Å². The molecule has 0 spiro atoms. The van der Waals surface area contributed by atoms with Crippen LogP contribution < -0.4 is 10.6 Å². The van der Waals surface area contributed by atoms with Gasteiger partial charge in [0.25, 0.3) is 0 Å². The van der Waals surface area contributed by atoms with Gasteiger partial charge >= 0.3 is 6.09 Å². The molecule has 22 heavy (non-hydrogen) atoms. The van der Waals surface area contributed by atoms with E-state index in [1.165, 1.54) is 5.56 Å². The number of nitrogens with one attached hydrogen (secondary N) is 2. The minimum atomic E-state index is -0.467. The van der Waals surface area contributed by atoms with Gasteiger partial charge in [0.05, 0.1) is 0 Å². The van der Waals surface area contributed by atoms with E-state index >= 15 is 0 Å². The summed E-state index contributed by atoms with van der Waals surface area (Å²) in [5.74, 6) is 0.464. The highest BCUT2D eigenvalue weighted by Gasteiger charge is 2.19. The molecule has 0 aliphatic rings. The zero-order chi connectivity index (χ0) is 16.8. The van der Waals surface area contributed by atoms with Gasteiger partial charge in [-0.3, -0.25) is 0 Å². The van der Waals surface area contributed by atoms with Crippen molar-refractivity contribution in [1.82, 2.24) is 10.6 Å².